The summed E-state index contributed by atoms with van der Waals surface area (Å²) in [5.41, 5.74) is 0. The van der Waals surface area contributed by atoms with E-state index in [0.29, 0.717) is 11.8 Å². The standard InChI is InChI=1S/C19H37N5O.HI/c1-5-17(6-2)15-21-19(20-4)24-13-11-22(12-14-24)16(3)18(25)23-9-7-8-10-23;/h16-17H,5-15H2,1-4H3,(H,20,21);1H. The largest absolute Gasteiger partial charge is 0.356 e. The maximum atomic E-state index is 12.6. The Morgan fingerprint density at radius 1 is 1.00 bits per heavy atom. The van der Waals surface area contributed by atoms with Crippen molar-refractivity contribution in [3.05, 3.63) is 0 Å². The van der Waals surface area contributed by atoms with Gasteiger partial charge in [-0.2, -0.15) is 0 Å². The van der Waals surface area contributed by atoms with Gasteiger partial charge in [-0.15, -0.1) is 24.0 Å². The van der Waals surface area contributed by atoms with Gasteiger partial charge in [0.25, 0.3) is 0 Å². The molecular formula is C19H38IN5O. The van der Waals surface area contributed by atoms with E-state index in [1.807, 2.05) is 11.9 Å². The lowest BCUT2D eigenvalue weighted by atomic mass is 10.0. The van der Waals surface area contributed by atoms with Gasteiger partial charge < -0.3 is 15.1 Å². The van der Waals surface area contributed by atoms with Crippen molar-refractivity contribution in [3.63, 3.8) is 0 Å². The van der Waals surface area contributed by atoms with Crippen LogP contribution in [0.1, 0.15) is 46.5 Å². The first kappa shape index (κ1) is 23.5. The van der Waals surface area contributed by atoms with Crippen LogP contribution in [-0.4, -0.2) is 85.5 Å². The van der Waals surface area contributed by atoms with E-state index in [1.54, 1.807) is 0 Å². The average Bonchev–Trinajstić information content (AvgIpc) is 3.19. The van der Waals surface area contributed by atoms with Gasteiger partial charge >= 0.3 is 0 Å². The summed E-state index contributed by atoms with van der Waals surface area (Å²) >= 11 is 0. The number of carbonyl (C=O) groups is 1. The number of guanidine groups is 1. The number of nitrogens with one attached hydrogen (secondary N) is 1. The second-order valence-electron chi connectivity index (χ2n) is 7.34. The summed E-state index contributed by atoms with van der Waals surface area (Å²) in [4.78, 5) is 23.7. The van der Waals surface area contributed by atoms with Crippen molar-refractivity contribution in [2.45, 2.75) is 52.5 Å². The fraction of sp³-hybridized carbons (Fsp3) is 0.895. The minimum absolute atomic E-state index is 0. The first-order valence-electron chi connectivity index (χ1n) is 10.1. The zero-order valence-electron chi connectivity index (χ0n) is 17.0. The normalized spacial score (nSPS) is 20.3. The molecule has 152 valence electrons. The molecule has 0 saturated carbocycles. The van der Waals surface area contributed by atoms with Gasteiger partial charge in [0.1, 0.15) is 0 Å². The number of piperazine rings is 1. The molecule has 2 heterocycles. The summed E-state index contributed by atoms with van der Waals surface area (Å²) < 4.78 is 0. The van der Waals surface area contributed by atoms with Crippen LogP contribution in [0, 0.1) is 5.92 Å². The average molecular weight is 479 g/mol. The highest BCUT2D eigenvalue weighted by molar-refractivity contribution is 14.0. The summed E-state index contributed by atoms with van der Waals surface area (Å²) in [6, 6.07) is -0.000197. The molecule has 2 aliphatic rings. The topological polar surface area (TPSA) is 51.2 Å². The van der Waals surface area contributed by atoms with Gasteiger partial charge in [0, 0.05) is 52.9 Å². The monoisotopic (exact) mass is 479 g/mol. The van der Waals surface area contributed by atoms with E-state index in [2.05, 4.69) is 40.9 Å². The maximum absolute atomic E-state index is 12.6. The first-order valence-corrected chi connectivity index (χ1v) is 10.1. The lowest BCUT2D eigenvalue weighted by Gasteiger charge is -2.39. The first-order chi connectivity index (χ1) is 12.1. The van der Waals surface area contributed by atoms with Crippen molar-refractivity contribution in [1.29, 1.82) is 0 Å². The van der Waals surface area contributed by atoms with Crippen LogP contribution in [0.15, 0.2) is 4.99 Å². The van der Waals surface area contributed by atoms with Gasteiger partial charge in [-0.3, -0.25) is 14.7 Å². The zero-order valence-corrected chi connectivity index (χ0v) is 19.4. The highest BCUT2D eigenvalue weighted by Gasteiger charge is 2.30. The quantitative estimate of drug-likeness (QED) is 0.361. The van der Waals surface area contributed by atoms with E-state index in [4.69, 9.17) is 0 Å². The fourth-order valence-corrected chi connectivity index (χ4v) is 3.82. The Hall–Kier alpha value is -0.570. The predicted molar refractivity (Wildman–Crippen MR) is 119 cm³/mol. The number of halogens is 1. The van der Waals surface area contributed by atoms with Gasteiger partial charge in [0.15, 0.2) is 5.96 Å². The van der Waals surface area contributed by atoms with Crippen LogP contribution < -0.4 is 5.32 Å². The molecule has 0 bridgehead atoms. The molecule has 1 atom stereocenters. The number of hydrogen-bond donors (Lipinski definition) is 1. The summed E-state index contributed by atoms with van der Waals surface area (Å²) in [6.45, 7) is 13.1. The van der Waals surface area contributed by atoms with Crippen molar-refractivity contribution >= 4 is 35.8 Å². The second-order valence-corrected chi connectivity index (χ2v) is 7.34. The Kier molecular flexibility index (Phi) is 10.8. The smallest absolute Gasteiger partial charge is 0.239 e. The molecule has 1 unspecified atom stereocenters. The summed E-state index contributed by atoms with van der Waals surface area (Å²) in [6.07, 6.45) is 4.71. The third kappa shape index (κ3) is 6.25. The Bertz CT molecular complexity index is 441. The summed E-state index contributed by atoms with van der Waals surface area (Å²) in [7, 11) is 1.86. The molecule has 0 aromatic rings. The van der Waals surface area contributed by atoms with E-state index in [9.17, 15) is 4.79 Å². The predicted octanol–water partition coefficient (Wildman–Crippen LogP) is 2.24. The molecule has 7 heteroatoms. The van der Waals surface area contributed by atoms with Crippen LogP contribution in [0.4, 0.5) is 0 Å². The van der Waals surface area contributed by atoms with E-state index in [1.165, 1.54) is 12.8 Å². The van der Waals surface area contributed by atoms with E-state index in [-0.39, 0.29) is 30.0 Å². The molecule has 0 spiro atoms. The summed E-state index contributed by atoms with van der Waals surface area (Å²) in [5, 5.41) is 3.53. The number of hydrogen-bond acceptors (Lipinski definition) is 3. The van der Waals surface area contributed by atoms with Crippen LogP contribution >= 0.6 is 24.0 Å². The zero-order chi connectivity index (χ0) is 18.2. The van der Waals surface area contributed by atoms with Crippen molar-refractivity contribution in [2.75, 3.05) is 52.9 Å². The van der Waals surface area contributed by atoms with Crippen LogP contribution in [0.2, 0.25) is 0 Å². The molecule has 0 radical (unpaired) electrons. The Morgan fingerprint density at radius 3 is 2.08 bits per heavy atom. The number of rotatable bonds is 6. The Labute approximate surface area is 176 Å². The molecule has 0 aliphatic carbocycles. The molecule has 26 heavy (non-hydrogen) atoms. The molecule has 2 fully saturated rings. The van der Waals surface area contributed by atoms with Gasteiger partial charge in [0.2, 0.25) is 5.91 Å². The van der Waals surface area contributed by atoms with Gasteiger partial charge in [-0.05, 0) is 25.7 Å². The van der Waals surface area contributed by atoms with Crippen LogP contribution in [0.5, 0.6) is 0 Å². The van der Waals surface area contributed by atoms with Gasteiger partial charge in [-0.1, -0.05) is 26.7 Å². The van der Waals surface area contributed by atoms with Crippen molar-refractivity contribution in [2.24, 2.45) is 10.9 Å². The second kappa shape index (κ2) is 12.0. The molecule has 1 amide bonds. The number of nitrogens with zero attached hydrogens (tertiary/aromatic N) is 4. The maximum Gasteiger partial charge on any atom is 0.239 e. The van der Waals surface area contributed by atoms with Gasteiger partial charge in [-0.25, -0.2) is 0 Å². The SMILES string of the molecule is CCC(CC)CNC(=NC)N1CCN(C(C)C(=O)N2CCCC2)CC1.I. The Morgan fingerprint density at radius 2 is 1.58 bits per heavy atom. The molecule has 2 saturated heterocycles. The lowest BCUT2D eigenvalue weighted by molar-refractivity contribution is -0.135. The van der Waals surface area contributed by atoms with Crippen molar-refractivity contribution < 1.29 is 4.79 Å². The Balaban J connectivity index is 0.00000338. The van der Waals surface area contributed by atoms with Crippen molar-refractivity contribution in [1.82, 2.24) is 20.0 Å². The van der Waals surface area contributed by atoms with Crippen LogP contribution in [-0.2, 0) is 4.79 Å². The third-order valence-electron chi connectivity index (χ3n) is 5.85. The molecule has 2 rings (SSSR count). The molecule has 1 N–H and O–H groups in total. The molecular weight excluding hydrogens is 441 g/mol. The van der Waals surface area contributed by atoms with Gasteiger partial charge in [0.05, 0.1) is 6.04 Å². The van der Waals surface area contributed by atoms with Crippen LogP contribution in [0.3, 0.4) is 0 Å². The number of aliphatic imine (C=N–C) groups is 1. The molecule has 0 aromatic heterocycles. The molecule has 0 aromatic carbocycles. The lowest BCUT2D eigenvalue weighted by Crippen LogP contribution is -2.57. The number of carbonyl (C=O) groups excluding carboxylic acids is 1. The number of likely N-dealkylation sites (tertiary alicyclic amines) is 1. The minimum atomic E-state index is -0.000197. The van der Waals surface area contributed by atoms with Crippen molar-refractivity contribution in [3.8, 4) is 0 Å². The molecule has 2 aliphatic heterocycles. The molecule has 6 nitrogen and oxygen atoms in total. The van der Waals surface area contributed by atoms with Crippen LogP contribution in [0.25, 0.3) is 0 Å². The van der Waals surface area contributed by atoms with E-state index in [0.717, 1.165) is 64.6 Å². The van der Waals surface area contributed by atoms with E-state index >= 15 is 0 Å². The highest BCUT2D eigenvalue weighted by Crippen LogP contribution is 2.14. The summed E-state index contributed by atoms with van der Waals surface area (Å²) in [5.74, 6) is 2.02. The highest BCUT2D eigenvalue weighted by atomic mass is 127. The fourth-order valence-electron chi connectivity index (χ4n) is 3.82. The van der Waals surface area contributed by atoms with E-state index < -0.39 is 0 Å². The minimum Gasteiger partial charge on any atom is -0.356 e. The third-order valence-corrected chi connectivity index (χ3v) is 5.85. The number of amides is 1.